The topological polar surface area (TPSA) is 63.6 Å². The van der Waals surface area contributed by atoms with Gasteiger partial charge in [-0.25, -0.2) is 0 Å². The zero-order chi connectivity index (χ0) is 11.0. The standard InChI is InChI=1S/C11H16O4/c1-2-15-11(14)9-7-4-3-6(5-7)8(9)10(12)13/h6-9H,2-5H2,1H3,(H,12,13)/t6?,7?,8-,9?/m0/s1. The lowest BCUT2D eigenvalue weighted by atomic mass is 9.79. The number of hydrogen-bond acceptors (Lipinski definition) is 3. The molecule has 84 valence electrons. The summed E-state index contributed by atoms with van der Waals surface area (Å²) >= 11 is 0. The van der Waals surface area contributed by atoms with Gasteiger partial charge in [0.15, 0.2) is 0 Å². The van der Waals surface area contributed by atoms with Crippen LogP contribution in [0.15, 0.2) is 0 Å². The van der Waals surface area contributed by atoms with Crippen molar-refractivity contribution in [2.75, 3.05) is 6.61 Å². The van der Waals surface area contributed by atoms with Crippen LogP contribution >= 0.6 is 0 Å². The molecule has 4 nitrogen and oxygen atoms in total. The molecule has 15 heavy (non-hydrogen) atoms. The molecule has 4 atom stereocenters. The zero-order valence-electron chi connectivity index (χ0n) is 8.81. The van der Waals surface area contributed by atoms with Crippen molar-refractivity contribution in [3.63, 3.8) is 0 Å². The Morgan fingerprint density at radius 2 is 1.87 bits per heavy atom. The van der Waals surface area contributed by atoms with Gasteiger partial charge >= 0.3 is 11.9 Å². The Balaban J connectivity index is 2.14. The molecule has 2 fully saturated rings. The minimum atomic E-state index is -0.833. The Bertz CT molecular complexity index is 286. The maximum atomic E-state index is 11.7. The Hall–Kier alpha value is -1.06. The smallest absolute Gasteiger partial charge is 0.310 e. The Morgan fingerprint density at radius 1 is 1.27 bits per heavy atom. The highest BCUT2D eigenvalue weighted by Crippen LogP contribution is 2.52. The third kappa shape index (κ3) is 1.62. The van der Waals surface area contributed by atoms with E-state index in [4.69, 9.17) is 9.84 Å². The van der Waals surface area contributed by atoms with Crippen LogP contribution in [0.5, 0.6) is 0 Å². The summed E-state index contributed by atoms with van der Waals surface area (Å²) in [6.07, 6.45) is 2.83. The molecule has 0 amide bonds. The number of carboxylic acids is 1. The van der Waals surface area contributed by atoms with Crippen molar-refractivity contribution in [1.29, 1.82) is 0 Å². The number of carbonyl (C=O) groups is 2. The van der Waals surface area contributed by atoms with E-state index in [0.717, 1.165) is 19.3 Å². The van der Waals surface area contributed by atoms with Crippen LogP contribution in [0, 0.1) is 23.7 Å². The summed E-state index contributed by atoms with van der Waals surface area (Å²) < 4.78 is 4.96. The van der Waals surface area contributed by atoms with Crippen molar-refractivity contribution < 1.29 is 19.4 Å². The maximum Gasteiger partial charge on any atom is 0.310 e. The Kier molecular flexibility index (Phi) is 2.67. The first-order valence-electron chi connectivity index (χ1n) is 5.54. The highest BCUT2D eigenvalue weighted by molar-refractivity contribution is 5.82. The van der Waals surface area contributed by atoms with Crippen LogP contribution in [-0.4, -0.2) is 23.7 Å². The van der Waals surface area contributed by atoms with Crippen LogP contribution in [0.3, 0.4) is 0 Å². The van der Waals surface area contributed by atoms with E-state index in [1.165, 1.54) is 0 Å². The molecule has 0 aromatic rings. The van der Waals surface area contributed by atoms with Gasteiger partial charge in [-0.2, -0.15) is 0 Å². The van der Waals surface area contributed by atoms with E-state index in [1.54, 1.807) is 6.92 Å². The van der Waals surface area contributed by atoms with E-state index in [9.17, 15) is 9.59 Å². The lowest BCUT2D eigenvalue weighted by Crippen LogP contribution is -2.35. The predicted molar refractivity (Wildman–Crippen MR) is 52.1 cm³/mol. The molecule has 0 heterocycles. The summed E-state index contributed by atoms with van der Waals surface area (Å²) in [7, 11) is 0. The van der Waals surface area contributed by atoms with Gasteiger partial charge in [-0.15, -0.1) is 0 Å². The molecule has 0 aromatic carbocycles. The first kappa shape index (κ1) is 10.5. The fourth-order valence-electron chi connectivity index (χ4n) is 3.22. The van der Waals surface area contributed by atoms with E-state index in [0.29, 0.717) is 6.61 Å². The number of hydrogen-bond donors (Lipinski definition) is 1. The number of fused-ring (bicyclic) bond motifs is 2. The fourth-order valence-corrected chi connectivity index (χ4v) is 3.22. The third-order valence-electron chi connectivity index (χ3n) is 3.76. The summed E-state index contributed by atoms with van der Waals surface area (Å²) in [6.45, 7) is 2.08. The minimum absolute atomic E-state index is 0.196. The van der Waals surface area contributed by atoms with E-state index in [2.05, 4.69) is 0 Å². The highest BCUT2D eigenvalue weighted by atomic mass is 16.5. The fraction of sp³-hybridized carbons (Fsp3) is 0.818. The van der Waals surface area contributed by atoms with E-state index >= 15 is 0 Å². The first-order valence-corrected chi connectivity index (χ1v) is 5.54. The average Bonchev–Trinajstić information content (AvgIpc) is 2.76. The monoisotopic (exact) mass is 212 g/mol. The number of aliphatic carboxylic acids is 1. The van der Waals surface area contributed by atoms with E-state index < -0.39 is 11.9 Å². The lowest BCUT2D eigenvalue weighted by molar-refractivity contribution is -0.159. The van der Waals surface area contributed by atoms with Gasteiger partial charge in [0.2, 0.25) is 0 Å². The second-order valence-electron chi connectivity index (χ2n) is 4.48. The summed E-state index contributed by atoms with van der Waals surface area (Å²) in [5.41, 5.74) is 0. The normalized spacial score (nSPS) is 37.9. The molecule has 0 aromatic heterocycles. The van der Waals surface area contributed by atoms with Crippen molar-refractivity contribution in [1.82, 2.24) is 0 Å². The van der Waals surface area contributed by atoms with Crippen molar-refractivity contribution in [2.45, 2.75) is 26.2 Å². The van der Waals surface area contributed by atoms with Crippen LogP contribution in [0.25, 0.3) is 0 Å². The quantitative estimate of drug-likeness (QED) is 0.716. The molecule has 2 saturated carbocycles. The second kappa shape index (κ2) is 3.83. The molecule has 3 unspecified atom stereocenters. The van der Waals surface area contributed by atoms with Gasteiger partial charge in [0.05, 0.1) is 18.4 Å². The van der Waals surface area contributed by atoms with Gasteiger partial charge in [0, 0.05) is 0 Å². The number of rotatable bonds is 3. The van der Waals surface area contributed by atoms with Crippen LogP contribution in [0.1, 0.15) is 26.2 Å². The van der Waals surface area contributed by atoms with Crippen LogP contribution in [0.2, 0.25) is 0 Å². The molecule has 0 saturated heterocycles. The molecule has 2 aliphatic carbocycles. The summed E-state index contributed by atoms with van der Waals surface area (Å²) in [5.74, 6) is -1.58. The average molecular weight is 212 g/mol. The molecule has 2 aliphatic rings. The van der Waals surface area contributed by atoms with Crippen molar-refractivity contribution in [3.05, 3.63) is 0 Å². The number of carboxylic acid groups (broad SMARTS) is 1. The maximum absolute atomic E-state index is 11.7. The van der Waals surface area contributed by atoms with Crippen LogP contribution < -0.4 is 0 Å². The van der Waals surface area contributed by atoms with Gasteiger partial charge in [0.25, 0.3) is 0 Å². The summed E-state index contributed by atoms with van der Waals surface area (Å²) in [6, 6.07) is 0. The molecular weight excluding hydrogens is 196 g/mol. The number of esters is 1. The van der Waals surface area contributed by atoms with Crippen LogP contribution in [-0.2, 0) is 14.3 Å². The SMILES string of the molecule is CCOC(=O)C1C2CCC(C2)[C@@H]1C(=O)O. The van der Waals surface area contributed by atoms with Crippen molar-refractivity contribution >= 4 is 11.9 Å². The highest BCUT2D eigenvalue weighted by Gasteiger charge is 2.54. The van der Waals surface area contributed by atoms with Crippen molar-refractivity contribution in [2.24, 2.45) is 23.7 Å². The van der Waals surface area contributed by atoms with Gasteiger partial charge in [0.1, 0.15) is 0 Å². The van der Waals surface area contributed by atoms with Gasteiger partial charge in [-0.1, -0.05) is 0 Å². The number of carbonyl (C=O) groups excluding carboxylic acids is 1. The lowest BCUT2D eigenvalue weighted by Gasteiger charge is -2.25. The van der Waals surface area contributed by atoms with Crippen LogP contribution in [0.4, 0.5) is 0 Å². The third-order valence-corrected chi connectivity index (χ3v) is 3.76. The zero-order valence-corrected chi connectivity index (χ0v) is 8.81. The van der Waals surface area contributed by atoms with E-state index in [-0.39, 0.29) is 23.7 Å². The van der Waals surface area contributed by atoms with Gasteiger partial charge in [-0.3, -0.25) is 9.59 Å². The summed E-state index contributed by atoms with van der Waals surface area (Å²) in [5, 5.41) is 9.12. The predicted octanol–water partition coefficient (Wildman–Crippen LogP) is 1.30. The minimum Gasteiger partial charge on any atom is -0.481 e. The molecule has 2 rings (SSSR count). The van der Waals surface area contributed by atoms with E-state index in [1.807, 2.05) is 0 Å². The Labute approximate surface area is 88.6 Å². The molecule has 2 bridgehead atoms. The molecule has 0 spiro atoms. The Morgan fingerprint density at radius 3 is 2.40 bits per heavy atom. The van der Waals surface area contributed by atoms with Gasteiger partial charge in [-0.05, 0) is 38.0 Å². The largest absolute Gasteiger partial charge is 0.481 e. The number of ether oxygens (including phenoxy) is 1. The second-order valence-corrected chi connectivity index (χ2v) is 4.48. The molecule has 1 N–H and O–H groups in total. The molecule has 4 heteroatoms. The first-order chi connectivity index (χ1) is 7.15. The summed E-state index contributed by atoms with van der Waals surface area (Å²) in [4.78, 5) is 22.8. The van der Waals surface area contributed by atoms with Gasteiger partial charge < -0.3 is 9.84 Å². The molecular formula is C11H16O4. The molecule has 0 radical (unpaired) electrons. The van der Waals surface area contributed by atoms with Crippen molar-refractivity contribution in [3.8, 4) is 0 Å². The molecule has 0 aliphatic heterocycles.